The van der Waals surface area contributed by atoms with Crippen LogP contribution in [0.25, 0.3) is 0 Å². The third kappa shape index (κ3) is 4.30. The van der Waals surface area contributed by atoms with Crippen LogP contribution in [0.15, 0.2) is 36.4 Å². The first kappa shape index (κ1) is 20.2. The molecule has 1 unspecified atom stereocenters. The summed E-state index contributed by atoms with van der Waals surface area (Å²) < 4.78 is 21.4. The molecule has 1 atom stereocenters. The predicted molar refractivity (Wildman–Crippen MR) is 110 cm³/mol. The minimum atomic E-state index is -0.0587. The number of methoxy groups -OCH3 is 4. The molecule has 7 heteroatoms. The van der Waals surface area contributed by atoms with Crippen molar-refractivity contribution in [3.05, 3.63) is 47.5 Å². The van der Waals surface area contributed by atoms with E-state index in [4.69, 9.17) is 18.9 Å². The second kappa shape index (κ2) is 9.10. The van der Waals surface area contributed by atoms with Crippen LogP contribution in [-0.4, -0.2) is 51.5 Å². The van der Waals surface area contributed by atoms with E-state index in [0.29, 0.717) is 35.3 Å². The van der Waals surface area contributed by atoms with Crippen LogP contribution in [0.4, 0.5) is 0 Å². The largest absolute Gasteiger partial charge is 0.497 e. The van der Waals surface area contributed by atoms with Crippen LogP contribution >= 0.6 is 11.8 Å². The van der Waals surface area contributed by atoms with Crippen molar-refractivity contribution in [1.82, 2.24) is 4.90 Å². The van der Waals surface area contributed by atoms with Crippen molar-refractivity contribution in [3.63, 3.8) is 0 Å². The van der Waals surface area contributed by atoms with E-state index in [9.17, 15) is 4.79 Å². The third-order valence-electron chi connectivity index (χ3n) is 4.72. The molecule has 28 heavy (non-hydrogen) atoms. The van der Waals surface area contributed by atoms with Crippen LogP contribution in [-0.2, 0) is 11.2 Å². The van der Waals surface area contributed by atoms with Crippen molar-refractivity contribution < 1.29 is 23.7 Å². The fourth-order valence-corrected chi connectivity index (χ4v) is 4.43. The number of carbonyl (C=O) groups is 1. The number of thioether (sulfide) groups is 1. The molecule has 1 saturated heterocycles. The number of hydrogen-bond acceptors (Lipinski definition) is 6. The topological polar surface area (TPSA) is 57.2 Å². The monoisotopic (exact) mass is 403 g/mol. The lowest BCUT2D eigenvalue weighted by Crippen LogP contribution is -2.30. The Kier molecular flexibility index (Phi) is 6.57. The lowest BCUT2D eigenvalue weighted by atomic mass is 10.1. The van der Waals surface area contributed by atoms with Crippen LogP contribution in [0.2, 0.25) is 0 Å². The molecule has 1 fully saturated rings. The summed E-state index contributed by atoms with van der Waals surface area (Å²) in [5.74, 6) is 3.42. The van der Waals surface area contributed by atoms with Gasteiger partial charge in [0, 0.05) is 12.6 Å². The molecule has 0 aliphatic carbocycles. The van der Waals surface area contributed by atoms with E-state index in [1.54, 1.807) is 40.2 Å². The van der Waals surface area contributed by atoms with Gasteiger partial charge in [0.2, 0.25) is 5.91 Å². The molecule has 0 bridgehead atoms. The molecule has 2 aromatic rings. The molecule has 0 aromatic heterocycles. The van der Waals surface area contributed by atoms with Gasteiger partial charge in [-0.05, 0) is 41.8 Å². The van der Waals surface area contributed by atoms with E-state index in [0.717, 1.165) is 17.5 Å². The average molecular weight is 404 g/mol. The number of rotatable bonds is 8. The normalized spacial score (nSPS) is 16.2. The number of nitrogens with zero attached hydrogens (tertiary/aromatic N) is 1. The Hall–Kier alpha value is -2.54. The van der Waals surface area contributed by atoms with Crippen molar-refractivity contribution in [2.24, 2.45) is 0 Å². The van der Waals surface area contributed by atoms with Crippen LogP contribution in [0.5, 0.6) is 23.0 Å². The lowest BCUT2D eigenvalue weighted by Gasteiger charge is -2.25. The van der Waals surface area contributed by atoms with E-state index >= 15 is 0 Å². The van der Waals surface area contributed by atoms with Crippen LogP contribution in [0.1, 0.15) is 16.5 Å². The van der Waals surface area contributed by atoms with Crippen LogP contribution in [0, 0.1) is 0 Å². The predicted octanol–water partition coefficient (Wildman–Crippen LogP) is 3.54. The molecule has 0 spiro atoms. The summed E-state index contributed by atoms with van der Waals surface area (Å²) in [6, 6.07) is 11.6. The number of carbonyl (C=O) groups excluding carboxylic acids is 1. The molecule has 0 saturated carbocycles. The van der Waals surface area contributed by atoms with Gasteiger partial charge in [0.1, 0.15) is 16.9 Å². The van der Waals surface area contributed by atoms with Crippen molar-refractivity contribution >= 4 is 17.7 Å². The summed E-state index contributed by atoms with van der Waals surface area (Å²) in [7, 11) is 6.49. The molecule has 150 valence electrons. The highest BCUT2D eigenvalue weighted by Crippen LogP contribution is 2.41. The van der Waals surface area contributed by atoms with Crippen molar-refractivity contribution in [1.29, 1.82) is 0 Å². The summed E-state index contributed by atoms with van der Waals surface area (Å²) in [4.78, 5) is 14.4. The van der Waals surface area contributed by atoms with Gasteiger partial charge in [-0.15, -0.1) is 11.8 Å². The lowest BCUT2D eigenvalue weighted by molar-refractivity contribution is -0.128. The second-order valence-electron chi connectivity index (χ2n) is 6.34. The average Bonchev–Trinajstić information content (AvgIpc) is 3.11. The zero-order valence-corrected chi connectivity index (χ0v) is 17.4. The van der Waals surface area contributed by atoms with E-state index in [2.05, 4.69) is 0 Å². The molecular weight excluding hydrogens is 378 g/mol. The van der Waals surface area contributed by atoms with E-state index in [-0.39, 0.29) is 11.3 Å². The van der Waals surface area contributed by atoms with Gasteiger partial charge in [0.15, 0.2) is 11.5 Å². The molecule has 6 nitrogen and oxygen atoms in total. The van der Waals surface area contributed by atoms with Gasteiger partial charge >= 0.3 is 0 Å². The number of benzene rings is 2. The number of hydrogen-bond donors (Lipinski definition) is 0. The summed E-state index contributed by atoms with van der Waals surface area (Å²) in [6.45, 7) is 0.617. The zero-order chi connectivity index (χ0) is 20.1. The van der Waals surface area contributed by atoms with Crippen molar-refractivity contribution in [3.8, 4) is 23.0 Å². The SMILES string of the molecule is COc1cc(OC)cc(C2SCC(=O)N2CCc2ccc(OC)c(OC)c2)c1. The first-order valence-corrected chi connectivity index (χ1v) is 9.99. The first-order chi connectivity index (χ1) is 13.6. The Morgan fingerprint density at radius 2 is 1.61 bits per heavy atom. The van der Waals surface area contributed by atoms with Gasteiger partial charge in [-0.25, -0.2) is 0 Å². The Morgan fingerprint density at radius 3 is 2.21 bits per heavy atom. The van der Waals surface area contributed by atoms with Crippen molar-refractivity contribution in [2.45, 2.75) is 11.8 Å². The Bertz CT molecular complexity index is 819. The Morgan fingerprint density at radius 1 is 0.929 bits per heavy atom. The van der Waals surface area contributed by atoms with E-state index in [1.807, 2.05) is 41.3 Å². The van der Waals surface area contributed by atoms with Crippen LogP contribution in [0.3, 0.4) is 0 Å². The molecule has 0 N–H and O–H groups in total. The van der Waals surface area contributed by atoms with E-state index < -0.39 is 0 Å². The highest BCUT2D eigenvalue weighted by atomic mass is 32.2. The van der Waals surface area contributed by atoms with Gasteiger partial charge in [0.25, 0.3) is 0 Å². The summed E-state index contributed by atoms with van der Waals surface area (Å²) in [6.07, 6.45) is 0.726. The minimum absolute atomic E-state index is 0.0587. The van der Waals surface area contributed by atoms with Gasteiger partial charge in [-0.1, -0.05) is 6.07 Å². The molecule has 1 aliphatic rings. The maximum absolute atomic E-state index is 12.5. The third-order valence-corrected chi connectivity index (χ3v) is 5.97. The van der Waals surface area contributed by atoms with Gasteiger partial charge in [0.05, 0.1) is 34.2 Å². The minimum Gasteiger partial charge on any atom is -0.497 e. The zero-order valence-electron chi connectivity index (χ0n) is 16.6. The molecule has 2 aromatic carbocycles. The van der Waals surface area contributed by atoms with Gasteiger partial charge in [-0.3, -0.25) is 4.79 Å². The van der Waals surface area contributed by atoms with E-state index in [1.165, 1.54) is 0 Å². The van der Waals surface area contributed by atoms with Crippen molar-refractivity contribution in [2.75, 3.05) is 40.7 Å². The quantitative estimate of drug-likeness (QED) is 0.672. The Labute approximate surface area is 169 Å². The summed E-state index contributed by atoms with van der Waals surface area (Å²) in [5, 5.41) is -0.0587. The highest BCUT2D eigenvalue weighted by Gasteiger charge is 2.33. The van der Waals surface area contributed by atoms with Gasteiger partial charge < -0.3 is 23.8 Å². The molecule has 3 rings (SSSR count). The highest BCUT2D eigenvalue weighted by molar-refractivity contribution is 8.00. The maximum Gasteiger partial charge on any atom is 0.233 e. The molecular formula is C21H25NO5S. The molecule has 0 radical (unpaired) electrons. The molecule has 1 amide bonds. The smallest absolute Gasteiger partial charge is 0.233 e. The second-order valence-corrected chi connectivity index (χ2v) is 7.40. The van der Waals surface area contributed by atoms with Gasteiger partial charge in [-0.2, -0.15) is 0 Å². The molecule has 1 heterocycles. The molecule has 1 aliphatic heterocycles. The van der Waals surface area contributed by atoms with Crippen LogP contribution < -0.4 is 18.9 Å². The fraction of sp³-hybridized carbons (Fsp3) is 0.381. The summed E-state index contributed by atoms with van der Waals surface area (Å²) >= 11 is 1.62. The maximum atomic E-state index is 12.5. The number of amides is 1. The number of ether oxygens (including phenoxy) is 4. The Balaban J connectivity index is 1.78. The first-order valence-electron chi connectivity index (χ1n) is 8.94. The standard InChI is InChI=1S/C21H25NO5S/c1-24-16-10-15(11-17(12-16)25-2)21-22(20(23)13-28-21)8-7-14-5-6-18(26-3)19(9-14)27-4/h5-6,9-12,21H,7-8,13H2,1-4H3. The fourth-order valence-electron chi connectivity index (χ4n) is 3.23. The summed E-state index contributed by atoms with van der Waals surface area (Å²) in [5.41, 5.74) is 2.09.